The highest BCUT2D eigenvalue weighted by Gasteiger charge is 2.44. The van der Waals surface area contributed by atoms with Crippen molar-refractivity contribution >= 4 is 23.3 Å². The van der Waals surface area contributed by atoms with Gasteiger partial charge in [-0.15, -0.1) is 5.10 Å². The van der Waals surface area contributed by atoms with Gasteiger partial charge in [-0.3, -0.25) is 14.6 Å². The van der Waals surface area contributed by atoms with E-state index in [4.69, 9.17) is 0 Å². The fourth-order valence-corrected chi connectivity index (χ4v) is 3.99. The van der Waals surface area contributed by atoms with Gasteiger partial charge in [-0.05, 0) is 41.6 Å². The number of hydrogen-bond donors (Lipinski definition) is 0. The molecule has 8 heteroatoms. The van der Waals surface area contributed by atoms with Crippen LogP contribution in [0.1, 0.15) is 22.5 Å². The number of likely N-dealkylation sites (tertiary alicyclic amines) is 2. The molecule has 0 unspecified atom stereocenters. The summed E-state index contributed by atoms with van der Waals surface area (Å²) in [4.78, 5) is 32.9. The smallest absolute Gasteiger partial charge is 0.275 e. The van der Waals surface area contributed by atoms with E-state index >= 15 is 0 Å². The molecule has 2 aliphatic heterocycles. The molecule has 2 aliphatic rings. The molecule has 2 aromatic heterocycles. The van der Waals surface area contributed by atoms with Crippen molar-refractivity contribution in [3.8, 4) is 0 Å². The SMILES string of the molecule is O=C(c1csnn1)N1C[C@@H]2CCN(Cc3ccncc3)C(=O)[C@H]2C1. The summed E-state index contributed by atoms with van der Waals surface area (Å²) in [6.45, 7) is 2.46. The van der Waals surface area contributed by atoms with Gasteiger partial charge in [-0.25, -0.2) is 0 Å². The van der Waals surface area contributed by atoms with Gasteiger partial charge in [0.05, 0.1) is 5.92 Å². The fourth-order valence-electron chi connectivity index (χ4n) is 3.56. The van der Waals surface area contributed by atoms with Gasteiger partial charge in [-0.2, -0.15) is 0 Å². The lowest BCUT2D eigenvalue weighted by Gasteiger charge is -2.33. The molecule has 2 fully saturated rings. The van der Waals surface area contributed by atoms with E-state index in [0.29, 0.717) is 25.3 Å². The molecule has 24 heavy (non-hydrogen) atoms. The molecule has 2 atom stereocenters. The average molecular weight is 343 g/mol. The van der Waals surface area contributed by atoms with Crippen molar-refractivity contribution in [2.45, 2.75) is 13.0 Å². The Morgan fingerprint density at radius 2 is 2.12 bits per heavy atom. The molecule has 0 saturated carbocycles. The molecule has 2 saturated heterocycles. The van der Waals surface area contributed by atoms with Crippen molar-refractivity contribution in [2.24, 2.45) is 11.8 Å². The zero-order valence-electron chi connectivity index (χ0n) is 13.0. The Morgan fingerprint density at radius 3 is 2.88 bits per heavy atom. The molecule has 4 rings (SSSR count). The quantitative estimate of drug-likeness (QED) is 0.832. The summed E-state index contributed by atoms with van der Waals surface area (Å²) < 4.78 is 3.74. The van der Waals surface area contributed by atoms with E-state index in [0.717, 1.165) is 18.5 Å². The highest BCUT2D eigenvalue weighted by molar-refractivity contribution is 7.03. The highest BCUT2D eigenvalue weighted by atomic mass is 32.1. The number of carbonyl (C=O) groups excluding carboxylic acids is 2. The number of carbonyl (C=O) groups is 2. The van der Waals surface area contributed by atoms with Crippen molar-refractivity contribution in [1.29, 1.82) is 0 Å². The average Bonchev–Trinajstić information content (AvgIpc) is 3.27. The summed E-state index contributed by atoms with van der Waals surface area (Å²) in [5, 5.41) is 5.50. The molecule has 7 nitrogen and oxygen atoms in total. The van der Waals surface area contributed by atoms with E-state index in [1.807, 2.05) is 17.0 Å². The van der Waals surface area contributed by atoms with Gasteiger partial charge in [0.15, 0.2) is 5.69 Å². The van der Waals surface area contributed by atoms with E-state index in [2.05, 4.69) is 14.6 Å². The van der Waals surface area contributed by atoms with E-state index in [9.17, 15) is 9.59 Å². The molecule has 0 N–H and O–H groups in total. The first-order valence-corrected chi connectivity index (χ1v) is 8.80. The summed E-state index contributed by atoms with van der Waals surface area (Å²) in [7, 11) is 0. The minimum Gasteiger partial charge on any atom is -0.338 e. The van der Waals surface area contributed by atoms with Gasteiger partial charge in [-0.1, -0.05) is 4.49 Å². The van der Waals surface area contributed by atoms with E-state index in [-0.39, 0.29) is 23.7 Å². The van der Waals surface area contributed by atoms with Crippen molar-refractivity contribution in [1.82, 2.24) is 24.4 Å². The Labute approximate surface area is 143 Å². The van der Waals surface area contributed by atoms with E-state index < -0.39 is 0 Å². The molecular formula is C16H17N5O2S. The summed E-state index contributed by atoms with van der Waals surface area (Å²) >= 11 is 1.17. The van der Waals surface area contributed by atoms with Crippen LogP contribution in [-0.4, -0.2) is 55.8 Å². The van der Waals surface area contributed by atoms with Crippen LogP contribution in [0.25, 0.3) is 0 Å². The van der Waals surface area contributed by atoms with Gasteiger partial charge >= 0.3 is 0 Å². The predicted molar refractivity (Wildman–Crippen MR) is 87.1 cm³/mol. The summed E-state index contributed by atoms with van der Waals surface area (Å²) in [6.07, 6.45) is 4.41. The lowest BCUT2D eigenvalue weighted by molar-refractivity contribution is -0.140. The molecule has 0 bridgehead atoms. The minimum atomic E-state index is -0.119. The maximum Gasteiger partial charge on any atom is 0.275 e. The first kappa shape index (κ1) is 15.2. The Kier molecular flexibility index (Phi) is 3.97. The second kappa shape index (κ2) is 6.27. The third kappa shape index (κ3) is 2.77. The summed E-state index contributed by atoms with van der Waals surface area (Å²) in [6, 6.07) is 3.86. The van der Waals surface area contributed by atoms with Gasteiger partial charge in [0.25, 0.3) is 5.91 Å². The van der Waals surface area contributed by atoms with E-state index in [1.54, 1.807) is 22.7 Å². The Balaban J connectivity index is 1.44. The zero-order chi connectivity index (χ0) is 16.5. The van der Waals surface area contributed by atoms with Crippen LogP contribution in [0.15, 0.2) is 29.9 Å². The second-order valence-electron chi connectivity index (χ2n) is 6.27. The van der Waals surface area contributed by atoms with Crippen LogP contribution >= 0.6 is 11.5 Å². The van der Waals surface area contributed by atoms with Gasteiger partial charge in [0.2, 0.25) is 5.91 Å². The normalized spacial score (nSPS) is 23.4. The molecule has 0 spiro atoms. The number of hydrogen-bond acceptors (Lipinski definition) is 6. The lowest BCUT2D eigenvalue weighted by Crippen LogP contribution is -2.44. The monoisotopic (exact) mass is 343 g/mol. The Bertz CT molecular complexity index is 736. The maximum absolute atomic E-state index is 12.8. The van der Waals surface area contributed by atoms with Crippen LogP contribution in [0.5, 0.6) is 0 Å². The third-order valence-corrected chi connectivity index (χ3v) is 5.33. The topological polar surface area (TPSA) is 79.3 Å². The third-order valence-electron chi connectivity index (χ3n) is 4.83. The van der Waals surface area contributed by atoms with Gasteiger partial charge < -0.3 is 9.80 Å². The lowest BCUT2D eigenvalue weighted by atomic mass is 9.88. The number of aromatic nitrogens is 3. The standard InChI is InChI=1S/C16H17N5O2S/c22-15-13-9-21(16(23)14-10-24-19-18-14)8-12(13)3-6-20(15)7-11-1-4-17-5-2-11/h1-2,4-5,10,12-13H,3,6-9H2/t12-,13-/m0/s1. The van der Waals surface area contributed by atoms with E-state index in [1.165, 1.54) is 11.5 Å². The summed E-state index contributed by atoms with van der Waals surface area (Å²) in [5.74, 6) is 0.180. The number of fused-ring (bicyclic) bond motifs is 1. The van der Waals surface area contributed by atoms with Gasteiger partial charge in [0, 0.05) is 44.0 Å². The number of nitrogens with zero attached hydrogens (tertiary/aromatic N) is 5. The predicted octanol–water partition coefficient (Wildman–Crippen LogP) is 1.05. The number of piperidine rings is 1. The molecule has 2 aromatic rings. The molecule has 4 heterocycles. The molecule has 2 amide bonds. The van der Waals surface area contributed by atoms with Crippen molar-refractivity contribution in [3.05, 3.63) is 41.2 Å². The van der Waals surface area contributed by atoms with Crippen LogP contribution in [0.2, 0.25) is 0 Å². The first-order chi connectivity index (χ1) is 11.7. The molecule has 124 valence electrons. The second-order valence-corrected chi connectivity index (χ2v) is 6.88. The minimum absolute atomic E-state index is 0.101. The first-order valence-electron chi connectivity index (χ1n) is 7.96. The van der Waals surface area contributed by atoms with Crippen LogP contribution in [0.3, 0.4) is 0 Å². The van der Waals surface area contributed by atoms with Crippen molar-refractivity contribution < 1.29 is 9.59 Å². The maximum atomic E-state index is 12.8. The van der Waals surface area contributed by atoms with Crippen LogP contribution in [-0.2, 0) is 11.3 Å². The zero-order valence-corrected chi connectivity index (χ0v) is 13.9. The molecule has 0 aliphatic carbocycles. The van der Waals surface area contributed by atoms with Crippen LogP contribution < -0.4 is 0 Å². The largest absolute Gasteiger partial charge is 0.338 e. The summed E-state index contributed by atoms with van der Waals surface area (Å²) in [5.41, 5.74) is 1.45. The Morgan fingerprint density at radius 1 is 1.29 bits per heavy atom. The number of pyridine rings is 1. The fraction of sp³-hybridized carbons (Fsp3) is 0.438. The van der Waals surface area contributed by atoms with Gasteiger partial charge in [0.1, 0.15) is 0 Å². The van der Waals surface area contributed by atoms with Crippen LogP contribution in [0.4, 0.5) is 0 Å². The number of rotatable bonds is 3. The molecule has 0 radical (unpaired) electrons. The molecule has 0 aromatic carbocycles. The van der Waals surface area contributed by atoms with Crippen molar-refractivity contribution in [2.75, 3.05) is 19.6 Å². The van der Waals surface area contributed by atoms with Crippen LogP contribution in [0, 0.1) is 11.8 Å². The molecular weight excluding hydrogens is 326 g/mol. The Hall–Kier alpha value is -2.35. The number of amides is 2. The highest BCUT2D eigenvalue weighted by Crippen LogP contribution is 2.33. The van der Waals surface area contributed by atoms with Crippen molar-refractivity contribution in [3.63, 3.8) is 0 Å².